The van der Waals surface area contributed by atoms with Crippen LogP contribution in [-0.4, -0.2) is 7.11 Å². The van der Waals surface area contributed by atoms with Crippen LogP contribution < -0.4 is 10.1 Å². The highest BCUT2D eigenvalue weighted by Crippen LogP contribution is 2.33. The zero-order valence-electron chi connectivity index (χ0n) is 13.3. The number of halogens is 1. The van der Waals surface area contributed by atoms with Crippen molar-refractivity contribution in [1.82, 2.24) is 0 Å². The number of hydrogen-bond donors (Lipinski definition) is 1. The van der Waals surface area contributed by atoms with Crippen LogP contribution in [0.1, 0.15) is 35.2 Å². The quantitative estimate of drug-likeness (QED) is 0.811. The van der Waals surface area contributed by atoms with Gasteiger partial charge in [0.25, 0.3) is 0 Å². The first-order chi connectivity index (χ1) is 9.90. The molecule has 1 atom stereocenters. The second kappa shape index (κ2) is 6.40. The van der Waals surface area contributed by atoms with Crippen molar-refractivity contribution in [3.63, 3.8) is 0 Å². The Bertz CT molecular complexity index is 632. The maximum Gasteiger partial charge on any atom is 0.143 e. The summed E-state index contributed by atoms with van der Waals surface area (Å²) in [5.41, 5.74) is 5.82. The Morgan fingerprint density at radius 2 is 1.62 bits per heavy atom. The first-order valence-corrected chi connectivity index (χ1v) is 7.47. The fourth-order valence-electron chi connectivity index (χ4n) is 2.52. The molecule has 0 aliphatic heterocycles. The summed E-state index contributed by atoms with van der Waals surface area (Å²) in [7, 11) is 1.66. The normalized spacial score (nSPS) is 12.1. The molecule has 0 amide bonds. The van der Waals surface area contributed by atoms with Crippen molar-refractivity contribution in [3.05, 3.63) is 57.6 Å². The molecule has 0 heterocycles. The van der Waals surface area contributed by atoms with Gasteiger partial charge in [-0.1, -0.05) is 40.9 Å². The lowest BCUT2D eigenvalue weighted by molar-refractivity contribution is 0.416. The van der Waals surface area contributed by atoms with Gasteiger partial charge >= 0.3 is 0 Å². The van der Waals surface area contributed by atoms with Crippen LogP contribution in [0.3, 0.4) is 0 Å². The van der Waals surface area contributed by atoms with E-state index in [1.165, 1.54) is 16.7 Å². The second-order valence-electron chi connectivity index (χ2n) is 5.59. The monoisotopic (exact) mass is 303 g/mol. The summed E-state index contributed by atoms with van der Waals surface area (Å²) < 4.78 is 5.42. The number of anilines is 1. The summed E-state index contributed by atoms with van der Waals surface area (Å²) in [5, 5.41) is 4.24. The molecule has 0 fully saturated rings. The Labute approximate surface area is 132 Å². The van der Waals surface area contributed by atoms with Gasteiger partial charge in [0.1, 0.15) is 5.75 Å². The average molecular weight is 304 g/mol. The van der Waals surface area contributed by atoms with E-state index in [0.29, 0.717) is 0 Å². The lowest BCUT2D eigenvalue weighted by Gasteiger charge is -2.20. The topological polar surface area (TPSA) is 21.3 Å². The Hall–Kier alpha value is -1.67. The fourth-order valence-corrected chi connectivity index (χ4v) is 2.68. The highest BCUT2D eigenvalue weighted by Gasteiger charge is 2.11. The zero-order chi connectivity index (χ0) is 15.6. The summed E-state index contributed by atoms with van der Waals surface area (Å²) >= 11 is 6.15. The van der Waals surface area contributed by atoms with E-state index >= 15 is 0 Å². The van der Waals surface area contributed by atoms with Crippen LogP contribution in [0.15, 0.2) is 30.3 Å². The van der Waals surface area contributed by atoms with Crippen molar-refractivity contribution in [2.24, 2.45) is 0 Å². The SMILES string of the molecule is COc1cc(Cl)c(C)cc1NC(C)c1cc(C)cc(C)c1. The fraction of sp³-hybridized carbons (Fsp3) is 0.333. The zero-order valence-corrected chi connectivity index (χ0v) is 14.0. The maximum absolute atomic E-state index is 6.15. The highest BCUT2D eigenvalue weighted by molar-refractivity contribution is 6.31. The molecule has 0 aliphatic carbocycles. The van der Waals surface area contributed by atoms with Gasteiger partial charge in [0.2, 0.25) is 0 Å². The first kappa shape index (κ1) is 15.7. The Balaban J connectivity index is 2.30. The maximum atomic E-state index is 6.15. The molecule has 0 spiro atoms. The number of aryl methyl sites for hydroxylation is 3. The van der Waals surface area contributed by atoms with Crippen LogP contribution in [0.2, 0.25) is 5.02 Å². The summed E-state index contributed by atoms with van der Waals surface area (Å²) in [5.74, 6) is 0.766. The molecule has 0 saturated heterocycles. The van der Waals surface area contributed by atoms with Crippen LogP contribution >= 0.6 is 11.6 Å². The summed E-state index contributed by atoms with van der Waals surface area (Å²) in [6.07, 6.45) is 0. The van der Waals surface area contributed by atoms with E-state index in [0.717, 1.165) is 22.0 Å². The van der Waals surface area contributed by atoms with E-state index < -0.39 is 0 Å². The van der Waals surface area contributed by atoms with Crippen molar-refractivity contribution in [2.75, 3.05) is 12.4 Å². The predicted molar refractivity (Wildman–Crippen MR) is 90.7 cm³/mol. The van der Waals surface area contributed by atoms with Crippen molar-refractivity contribution in [1.29, 1.82) is 0 Å². The van der Waals surface area contributed by atoms with E-state index in [2.05, 4.69) is 44.3 Å². The molecule has 0 saturated carbocycles. The van der Waals surface area contributed by atoms with E-state index in [4.69, 9.17) is 16.3 Å². The van der Waals surface area contributed by atoms with Crippen LogP contribution in [-0.2, 0) is 0 Å². The summed E-state index contributed by atoms with van der Waals surface area (Å²) in [6.45, 7) is 8.39. The summed E-state index contributed by atoms with van der Waals surface area (Å²) in [6, 6.07) is 10.7. The van der Waals surface area contributed by atoms with Crippen molar-refractivity contribution in [2.45, 2.75) is 33.7 Å². The third-order valence-electron chi connectivity index (χ3n) is 3.60. The molecule has 21 heavy (non-hydrogen) atoms. The predicted octanol–water partition coefficient (Wildman–Crippen LogP) is 5.45. The molecule has 1 unspecified atom stereocenters. The largest absolute Gasteiger partial charge is 0.495 e. The van der Waals surface area contributed by atoms with Crippen LogP contribution in [0, 0.1) is 20.8 Å². The van der Waals surface area contributed by atoms with Gasteiger partial charge in [-0.2, -0.15) is 0 Å². The van der Waals surface area contributed by atoms with E-state index in [1.807, 2.05) is 19.1 Å². The minimum Gasteiger partial charge on any atom is -0.495 e. The van der Waals surface area contributed by atoms with Gasteiger partial charge in [-0.25, -0.2) is 0 Å². The molecule has 2 aromatic carbocycles. The second-order valence-corrected chi connectivity index (χ2v) is 6.00. The molecule has 1 N–H and O–H groups in total. The molecule has 0 bridgehead atoms. The smallest absolute Gasteiger partial charge is 0.143 e. The Morgan fingerprint density at radius 1 is 1.00 bits per heavy atom. The van der Waals surface area contributed by atoms with Gasteiger partial charge in [-0.3, -0.25) is 0 Å². The van der Waals surface area contributed by atoms with E-state index in [-0.39, 0.29) is 6.04 Å². The van der Waals surface area contributed by atoms with Gasteiger partial charge in [0.05, 0.1) is 12.8 Å². The van der Waals surface area contributed by atoms with Gasteiger partial charge < -0.3 is 10.1 Å². The molecule has 2 nitrogen and oxygen atoms in total. The third kappa shape index (κ3) is 3.70. The molecule has 3 heteroatoms. The third-order valence-corrected chi connectivity index (χ3v) is 4.00. The van der Waals surface area contributed by atoms with Gasteiger partial charge in [-0.15, -0.1) is 0 Å². The van der Waals surface area contributed by atoms with Gasteiger partial charge in [0.15, 0.2) is 0 Å². The Kier molecular flexibility index (Phi) is 4.79. The lowest BCUT2D eigenvalue weighted by Crippen LogP contribution is -2.08. The number of methoxy groups -OCH3 is 1. The van der Waals surface area contributed by atoms with Crippen LogP contribution in [0.25, 0.3) is 0 Å². The number of benzene rings is 2. The van der Waals surface area contributed by atoms with Gasteiger partial charge in [0, 0.05) is 17.1 Å². The molecular formula is C18H22ClNO. The number of hydrogen-bond acceptors (Lipinski definition) is 2. The average Bonchev–Trinajstić information content (AvgIpc) is 2.41. The molecule has 0 aromatic heterocycles. The molecule has 112 valence electrons. The molecule has 0 radical (unpaired) electrons. The summed E-state index contributed by atoms with van der Waals surface area (Å²) in [4.78, 5) is 0. The molecule has 0 aliphatic rings. The first-order valence-electron chi connectivity index (χ1n) is 7.09. The number of nitrogens with one attached hydrogen (secondary N) is 1. The number of ether oxygens (including phenoxy) is 1. The van der Waals surface area contributed by atoms with Crippen molar-refractivity contribution < 1.29 is 4.74 Å². The highest BCUT2D eigenvalue weighted by atomic mass is 35.5. The molecule has 2 rings (SSSR count). The Morgan fingerprint density at radius 3 is 2.19 bits per heavy atom. The molecular weight excluding hydrogens is 282 g/mol. The minimum atomic E-state index is 0.193. The van der Waals surface area contributed by atoms with E-state index in [1.54, 1.807) is 7.11 Å². The van der Waals surface area contributed by atoms with Gasteiger partial charge in [-0.05, 0) is 44.9 Å². The molecule has 2 aromatic rings. The van der Waals surface area contributed by atoms with Crippen molar-refractivity contribution >= 4 is 17.3 Å². The standard InChI is InChI=1S/C18H22ClNO/c1-11-6-12(2)8-15(7-11)14(4)20-17-9-13(3)16(19)10-18(17)21-5/h6-10,14,20H,1-5H3. The number of rotatable bonds is 4. The van der Waals surface area contributed by atoms with Crippen LogP contribution in [0.5, 0.6) is 5.75 Å². The lowest BCUT2D eigenvalue weighted by atomic mass is 10.0. The van der Waals surface area contributed by atoms with Crippen LogP contribution in [0.4, 0.5) is 5.69 Å². The van der Waals surface area contributed by atoms with Crippen molar-refractivity contribution in [3.8, 4) is 5.75 Å². The minimum absolute atomic E-state index is 0.193. The van der Waals surface area contributed by atoms with E-state index in [9.17, 15) is 0 Å².